The second-order valence-electron chi connectivity index (χ2n) is 6.78. The van der Waals surface area contributed by atoms with Crippen molar-refractivity contribution in [1.29, 1.82) is 0 Å². The molecule has 0 saturated heterocycles. The number of para-hydroxylation sites is 1. The molecule has 26 heavy (non-hydrogen) atoms. The summed E-state index contributed by atoms with van der Waals surface area (Å²) in [6.07, 6.45) is 0.146. The Morgan fingerprint density at radius 3 is 2.42 bits per heavy atom. The molecule has 1 amide bonds. The van der Waals surface area contributed by atoms with Gasteiger partial charge < -0.3 is 9.64 Å². The average molecular weight is 349 g/mol. The van der Waals surface area contributed by atoms with Crippen LogP contribution in [0.25, 0.3) is 0 Å². The van der Waals surface area contributed by atoms with Crippen molar-refractivity contribution >= 4 is 23.3 Å². The lowest BCUT2D eigenvalue weighted by atomic mass is 9.82. The molecule has 1 saturated carbocycles. The number of carbonyl (C=O) groups is 3. The monoisotopic (exact) mass is 349 g/mol. The molecule has 1 aliphatic heterocycles. The van der Waals surface area contributed by atoms with E-state index in [1.165, 1.54) is 4.90 Å². The molecule has 132 valence electrons. The van der Waals surface area contributed by atoms with Crippen LogP contribution in [0.2, 0.25) is 0 Å². The highest BCUT2D eigenvalue weighted by Gasteiger charge is 2.84. The number of Topliss-reactive ketones (excluding diaryl/α,β-unsaturated/α-hetero) is 1. The number of carbonyl (C=O) groups excluding carboxylic acids is 3. The molecule has 0 bridgehead atoms. The Morgan fingerprint density at radius 1 is 1.08 bits per heavy atom. The van der Waals surface area contributed by atoms with Gasteiger partial charge in [0.2, 0.25) is 5.91 Å². The molecule has 1 fully saturated rings. The lowest BCUT2D eigenvalue weighted by molar-refractivity contribution is -0.149. The minimum Gasteiger partial charge on any atom is -0.465 e. The summed E-state index contributed by atoms with van der Waals surface area (Å²) in [6, 6.07) is 16.0. The molecule has 1 heterocycles. The molecule has 1 aliphatic carbocycles. The third kappa shape index (κ3) is 1.83. The number of amides is 1. The summed E-state index contributed by atoms with van der Waals surface area (Å²) in [6.45, 7) is 1.86. The van der Waals surface area contributed by atoms with E-state index in [2.05, 4.69) is 0 Å². The zero-order valence-corrected chi connectivity index (χ0v) is 14.7. The van der Waals surface area contributed by atoms with E-state index in [4.69, 9.17) is 4.74 Å². The second kappa shape index (κ2) is 5.53. The Kier molecular flexibility index (Phi) is 3.51. The molecule has 5 nitrogen and oxygen atoms in total. The lowest BCUT2D eigenvalue weighted by Crippen LogP contribution is -2.41. The number of fused-ring (bicyclic) bond motifs is 2. The molecule has 2 aliphatic rings. The van der Waals surface area contributed by atoms with Gasteiger partial charge in [-0.05, 0) is 25.0 Å². The Morgan fingerprint density at radius 2 is 1.73 bits per heavy atom. The van der Waals surface area contributed by atoms with E-state index in [0.717, 1.165) is 11.3 Å². The van der Waals surface area contributed by atoms with E-state index < -0.39 is 16.8 Å². The van der Waals surface area contributed by atoms with Crippen molar-refractivity contribution in [2.75, 3.05) is 18.6 Å². The minimum atomic E-state index is -1.50. The second-order valence-corrected chi connectivity index (χ2v) is 6.78. The molecule has 0 radical (unpaired) electrons. The summed E-state index contributed by atoms with van der Waals surface area (Å²) in [7, 11) is 1.68. The summed E-state index contributed by atoms with van der Waals surface area (Å²) in [5.41, 5.74) is -0.786. The van der Waals surface area contributed by atoms with Crippen LogP contribution in [0, 0.1) is 5.41 Å². The predicted octanol–water partition coefficient (Wildman–Crippen LogP) is 2.74. The summed E-state index contributed by atoms with van der Waals surface area (Å²) in [5, 5.41) is 0. The first-order chi connectivity index (χ1) is 12.5. The zero-order chi connectivity index (χ0) is 18.5. The standard InChI is InChI=1S/C21H19NO4/c1-3-26-19(25)21(17(23)14-9-5-4-6-10-14)13-20(21)15-11-7-8-12-16(15)22(2)18(20)24/h4-12H,3,13H2,1-2H3/t20-,21+/m1/s1. The number of benzene rings is 2. The Balaban J connectivity index is 1.90. The van der Waals surface area contributed by atoms with Gasteiger partial charge in [0.25, 0.3) is 0 Å². The number of rotatable bonds is 4. The largest absolute Gasteiger partial charge is 0.465 e. The first-order valence-electron chi connectivity index (χ1n) is 8.65. The molecule has 4 rings (SSSR count). The van der Waals surface area contributed by atoms with Crippen LogP contribution in [-0.2, 0) is 19.7 Å². The van der Waals surface area contributed by atoms with Crippen LogP contribution in [0.15, 0.2) is 54.6 Å². The number of esters is 1. The molecule has 0 N–H and O–H groups in total. The minimum absolute atomic E-state index is 0.146. The maximum atomic E-state index is 13.4. The van der Waals surface area contributed by atoms with Crippen molar-refractivity contribution in [1.82, 2.24) is 0 Å². The van der Waals surface area contributed by atoms with Gasteiger partial charge >= 0.3 is 5.97 Å². The molecule has 2 aromatic rings. The van der Waals surface area contributed by atoms with Crippen LogP contribution < -0.4 is 4.90 Å². The zero-order valence-electron chi connectivity index (χ0n) is 14.7. The van der Waals surface area contributed by atoms with Crippen LogP contribution in [0.1, 0.15) is 29.3 Å². The van der Waals surface area contributed by atoms with E-state index in [9.17, 15) is 14.4 Å². The molecule has 1 spiro atoms. The number of hydrogen-bond donors (Lipinski definition) is 0. The molecule has 0 unspecified atom stereocenters. The number of anilines is 1. The maximum Gasteiger partial charge on any atom is 0.321 e. The first-order valence-corrected chi connectivity index (χ1v) is 8.65. The smallest absolute Gasteiger partial charge is 0.321 e. The number of ketones is 1. The van der Waals surface area contributed by atoms with Gasteiger partial charge in [-0.1, -0.05) is 48.5 Å². The van der Waals surface area contributed by atoms with E-state index in [-0.39, 0.29) is 24.7 Å². The summed E-state index contributed by atoms with van der Waals surface area (Å²) in [4.78, 5) is 41.1. The van der Waals surface area contributed by atoms with Gasteiger partial charge in [0, 0.05) is 18.3 Å². The van der Waals surface area contributed by atoms with Gasteiger partial charge in [0.15, 0.2) is 11.2 Å². The highest BCUT2D eigenvalue weighted by Crippen LogP contribution is 2.71. The van der Waals surface area contributed by atoms with Gasteiger partial charge in [-0.3, -0.25) is 14.4 Å². The van der Waals surface area contributed by atoms with Crippen molar-refractivity contribution in [3.8, 4) is 0 Å². The van der Waals surface area contributed by atoms with E-state index in [0.29, 0.717) is 5.56 Å². The molecule has 0 aromatic heterocycles. The van der Waals surface area contributed by atoms with Crippen LogP contribution in [0.4, 0.5) is 5.69 Å². The number of ether oxygens (including phenoxy) is 1. The van der Waals surface area contributed by atoms with Crippen molar-refractivity contribution in [3.05, 3.63) is 65.7 Å². The van der Waals surface area contributed by atoms with Crippen LogP contribution >= 0.6 is 0 Å². The maximum absolute atomic E-state index is 13.4. The van der Waals surface area contributed by atoms with E-state index >= 15 is 0 Å². The molecular formula is C21H19NO4. The van der Waals surface area contributed by atoms with Gasteiger partial charge in [0.1, 0.15) is 5.41 Å². The van der Waals surface area contributed by atoms with Crippen LogP contribution in [0.5, 0.6) is 0 Å². The van der Waals surface area contributed by atoms with Gasteiger partial charge in [-0.2, -0.15) is 0 Å². The highest BCUT2D eigenvalue weighted by molar-refractivity contribution is 6.26. The summed E-state index contributed by atoms with van der Waals surface area (Å²) in [5.74, 6) is -1.20. The predicted molar refractivity (Wildman–Crippen MR) is 96.0 cm³/mol. The Hall–Kier alpha value is -2.95. The average Bonchev–Trinajstić information content (AvgIpc) is 3.34. The molecule has 5 heteroatoms. The van der Waals surface area contributed by atoms with Gasteiger partial charge in [-0.15, -0.1) is 0 Å². The fourth-order valence-electron chi connectivity index (χ4n) is 4.28. The summed E-state index contributed by atoms with van der Waals surface area (Å²) >= 11 is 0. The number of likely N-dealkylation sites (N-methyl/N-ethyl adjacent to an activating group) is 1. The number of hydrogen-bond acceptors (Lipinski definition) is 4. The third-order valence-corrected chi connectivity index (χ3v) is 5.58. The fraction of sp³-hybridized carbons (Fsp3) is 0.286. The highest BCUT2D eigenvalue weighted by atomic mass is 16.5. The molecule has 2 aromatic carbocycles. The first kappa shape index (κ1) is 16.5. The third-order valence-electron chi connectivity index (χ3n) is 5.58. The van der Waals surface area contributed by atoms with Gasteiger partial charge in [0.05, 0.1) is 6.61 Å². The Bertz CT molecular complexity index is 923. The van der Waals surface area contributed by atoms with Gasteiger partial charge in [-0.25, -0.2) is 0 Å². The van der Waals surface area contributed by atoms with Crippen molar-refractivity contribution in [2.45, 2.75) is 18.8 Å². The normalized spacial score (nSPS) is 25.9. The van der Waals surface area contributed by atoms with Crippen molar-refractivity contribution in [3.63, 3.8) is 0 Å². The van der Waals surface area contributed by atoms with Crippen LogP contribution in [-0.4, -0.2) is 31.3 Å². The quantitative estimate of drug-likeness (QED) is 0.484. The van der Waals surface area contributed by atoms with Crippen molar-refractivity contribution < 1.29 is 19.1 Å². The fourth-order valence-corrected chi connectivity index (χ4v) is 4.28. The molecule has 2 atom stereocenters. The molecular weight excluding hydrogens is 330 g/mol. The summed E-state index contributed by atoms with van der Waals surface area (Å²) < 4.78 is 5.27. The topological polar surface area (TPSA) is 63.7 Å². The SMILES string of the molecule is CCOC(=O)[C@@]1(C(=O)c2ccccc2)C[C@@]12C(=O)N(C)c1ccccc12. The van der Waals surface area contributed by atoms with E-state index in [1.807, 2.05) is 24.3 Å². The Labute approximate surface area is 151 Å². The number of nitrogens with zero attached hydrogens (tertiary/aromatic N) is 1. The lowest BCUT2D eigenvalue weighted by Gasteiger charge is -2.20. The van der Waals surface area contributed by atoms with E-state index in [1.54, 1.807) is 44.3 Å². The van der Waals surface area contributed by atoms with Crippen molar-refractivity contribution in [2.24, 2.45) is 5.41 Å². The van der Waals surface area contributed by atoms with Crippen LogP contribution in [0.3, 0.4) is 0 Å².